The molecule has 12 nitrogen and oxygen atoms in total. The summed E-state index contributed by atoms with van der Waals surface area (Å²) in [4.78, 5) is 24.5. The van der Waals surface area contributed by atoms with Crippen LogP contribution in [0.5, 0.6) is 23.0 Å². The lowest BCUT2D eigenvalue weighted by molar-refractivity contribution is -0.136. The highest BCUT2D eigenvalue weighted by atomic mass is 79.9. The Morgan fingerprint density at radius 3 is 2.59 bits per heavy atom. The van der Waals surface area contributed by atoms with Crippen LogP contribution in [0.1, 0.15) is 31.0 Å². The van der Waals surface area contributed by atoms with Crippen LogP contribution in [-0.2, 0) is 9.53 Å². The van der Waals surface area contributed by atoms with E-state index < -0.39 is 24.3 Å². The molecular formula is C26H31BrN4O8. The number of esters is 1. The molecule has 1 aliphatic rings. The number of aliphatic hydroxyl groups excluding tert-OH is 1. The monoisotopic (exact) mass is 606 g/mol. The smallest absolute Gasteiger partial charge is 0.337 e. The van der Waals surface area contributed by atoms with Gasteiger partial charge in [-0.15, -0.1) is 0 Å². The number of nitrogens with one attached hydrogen (secondary N) is 3. The van der Waals surface area contributed by atoms with E-state index in [1.54, 1.807) is 37.3 Å². The molecule has 1 aliphatic heterocycles. The van der Waals surface area contributed by atoms with E-state index in [1.165, 1.54) is 27.5 Å². The molecule has 13 heteroatoms. The van der Waals surface area contributed by atoms with E-state index in [0.29, 0.717) is 46.4 Å². The molecule has 0 aromatic heterocycles. The predicted molar refractivity (Wildman–Crippen MR) is 146 cm³/mol. The summed E-state index contributed by atoms with van der Waals surface area (Å²) < 4.78 is 27.9. The fourth-order valence-electron chi connectivity index (χ4n) is 3.87. The summed E-state index contributed by atoms with van der Waals surface area (Å²) in [7, 11) is 4.33. The van der Waals surface area contributed by atoms with Crippen molar-refractivity contribution in [2.24, 2.45) is 5.10 Å². The number of carbonyl (C=O) groups is 2. The zero-order valence-electron chi connectivity index (χ0n) is 22.2. The highest BCUT2D eigenvalue weighted by Crippen LogP contribution is 2.35. The van der Waals surface area contributed by atoms with Gasteiger partial charge in [0.05, 0.1) is 45.8 Å². The number of benzene rings is 2. The van der Waals surface area contributed by atoms with Crippen LogP contribution in [0, 0.1) is 0 Å². The average molecular weight is 607 g/mol. The lowest BCUT2D eigenvalue weighted by Gasteiger charge is -2.28. The molecule has 0 bridgehead atoms. The van der Waals surface area contributed by atoms with Crippen molar-refractivity contribution in [1.82, 2.24) is 16.1 Å². The minimum atomic E-state index is -1.16. The van der Waals surface area contributed by atoms with Gasteiger partial charge in [-0.25, -0.2) is 9.59 Å². The summed E-state index contributed by atoms with van der Waals surface area (Å²) in [5, 5.41) is 19.7. The van der Waals surface area contributed by atoms with E-state index in [4.69, 9.17) is 23.7 Å². The first-order chi connectivity index (χ1) is 18.7. The van der Waals surface area contributed by atoms with Gasteiger partial charge in [-0.2, -0.15) is 5.10 Å². The van der Waals surface area contributed by atoms with Crippen LogP contribution in [0.4, 0.5) is 4.79 Å². The minimum Gasteiger partial charge on any atom is -0.493 e. The highest BCUT2D eigenvalue weighted by Gasteiger charge is 2.32. The Morgan fingerprint density at radius 2 is 1.92 bits per heavy atom. The fraction of sp³-hybridized carbons (Fsp3) is 0.346. The van der Waals surface area contributed by atoms with Gasteiger partial charge in [0, 0.05) is 15.7 Å². The van der Waals surface area contributed by atoms with Crippen molar-refractivity contribution in [2.45, 2.75) is 26.1 Å². The predicted octanol–water partition coefficient (Wildman–Crippen LogP) is 2.99. The molecule has 0 radical (unpaired) electrons. The summed E-state index contributed by atoms with van der Waals surface area (Å²) in [6, 6.07) is 7.34. The lowest BCUT2D eigenvalue weighted by atomic mass is 9.95. The van der Waals surface area contributed by atoms with Crippen LogP contribution < -0.4 is 35.0 Å². The number of hydrazone groups is 1. The quantitative estimate of drug-likeness (QED) is 0.124. The number of ether oxygens (including phenoxy) is 5. The molecule has 2 aromatic carbocycles. The molecule has 2 aromatic rings. The maximum absolute atomic E-state index is 12.4. The SMILES string of the molecule is CCOc1cc([C@H]2NC(=O)NC(C)=C2C(=O)OC)ccc1OC[C@@H](O)N/N=C/c1cc(Br)cc(OC)c1OC. The largest absolute Gasteiger partial charge is 0.493 e. The molecule has 0 saturated heterocycles. The zero-order chi connectivity index (χ0) is 28.5. The fourth-order valence-corrected chi connectivity index (χ4v) is 4.32. The van der Waals surface area contributed by atoms with Crippen LogP contribution in [0.2, 0.25) is 0 Å². The summed E-state index contributed by atoms with van der Waals surface area (Å²) in [5.74, 6) is 1.16. The first-order valence-electron chi connectivity index (χ1n) is 11.9. The lowest BCUT2D eigenvalue weighted by Crippen LogP contribution is -2.45. The van der Waals surface area contributed by atoms with Crippen molar-refractivity contribution in [3.63, 3.8) is 0 Å². The second-order valence-electron chi connectivity index (χ2n) is 8.15. The Bertz CT molecular complexity index is 1270. The van der Waals surface area contributed by atoms with Gasteiger partial charge >= 0.3 is 12.0 Å². The Hall–Kier alpha value is -3.97. The third-order valence-electron chi connectivity index (χ3n) is 5.57. The van der Waals surface area contributed by atoms with Gasteiger partial charge in [-0.1, -0.05) is 22.0 Å². The van der Waals surface area contributed by atoms with Crippen LogP contribution in [-0.4, -0.2) is 64.1 Å². The molecule has 0 aliphatic carbocycles. The van der Waals surface area contributed by atoms with Gasteiger partial charge in [0.1, 0.15) is 6.61 Å². The van der Waals surface area contributed by atoms with Crippen molar-refractivity contribution in [3.05, 3.63) is 57.2 Å². The van der Waals surface area contributed by atoms with Crippen molar-refractivity contribution >= 4 is 34.1 Å². The van der Waals surface area contributed by atoms with Gasteiger partial charge in [-0.3, -0.25) is 5.43 Å². The number of halogens is 1. The molecule has 0 unspecified atom stereocenters. The molecule has 39 heavy (non-hydrogen) atoms. The number of carbonyl (C=O) groups excluding carboxylic acids is 2. The van der Waals surface area contributed by atoms with Gasteiger partial charge in [-0.05, 0) is 43.7 Å². The molecule has 3 rings (SSSR count). The number of nitrogens with zero attached hydrogens (tertiary/aromatic N) is 1. The zero-order valence-corrected chi connectivity index (χ0v) is 23.7. The Balaban J connectivity index is 1.72. The maximum atomic E-state index is 12.4. The Morgan fingerprint density at radius 1 is 1.15 bits per heavy atom. The Kier molecular flexibility index (Phi) is 10.4. The number of urea groups is 1. The number of allylic oxidation sites excluding steroid dienone is 1. The van der Waals surface area contributed by atoms with Crippen LogP contribution in [0.25, 0.3) is 0 Å². The molecule has 4 N–H and O–H groups in total. The van der Waals surface area contributed by atoms with E-state index in [9.17, 15) is 14.7 Å². The minimum absolute atomic E-state index is 0.161. The summed E-state index contributed by atoms with van der Waals surface area (Å²) in [5.41, 5.74) is 4.46. The van der Waals surface area contributed by atoms with Crippen LogP contribution in [0.15, 0.2) is 51.2 Å². The third kappa shape index (κ3) is 7.33. The molecule has 0 spiro atoms. The van der Waals surface area contributed by atoms with Crippen molar-refractivity contribution in [3.8, 4) is 23.0 Å². The van der Waals surface area contributed by atoms with Crippen molar-refractivity contribution < 1.29 is 38.4 Å². The van der Waals surface area contributed by atoms with E-state index >= 15 is 0 Å². The molecule has 210 valence electrons. The van der Waals surface area contributed by atoms with Gasteiger partial charge in [0.15, 0.2) is 29.2 Å². The van der Waals surface area contributed by atoms with Crippen molar-refractivity contribution in [1.29, 1.82) is 0 Å². The molecule has 2 atom stereocenters. The van der Waals surface area contributed by atoms with E-state index in [0.717, 1.165) is 4.47 Å². The third-order valence-corrected chi connectivity index (χ3v) is 6.03. The van der Waals surface area contributed by atoms with Gasteiger partial charge in [0.2, 0.25) is 0 Å². The topological polar surface area (TPSA) is 149 Å². The molecule has 1 heterocycles. The highest BCUT2D eigenvalue weighted by molar-refractivity contribution is 9.10. The summed E-state index contributed by atoms with van der Waals surface area (Å²) >= 11 is 3.41. The normalized spacial score (nSPS) is 15.8. The van der Waals surface area contributed by atoms with Gasteiger partial charge in [0.25, 0.3) is 0 Å². The second-order valence-corrected chi connectivity index (χ2v) is 9.06. The van der Waals surface area contributed by atoms with E-state index in [1.807, 2.05) is 6.92 Å². The number of aliphatic hydroxyl groups is 1. The number of rotatable bonds is 12. The first kappa shape index (κ1) is 29.6. The maximum Gasteiger partial charge on any atom is 0.337 e. The molecule has 0 saturated carbocycles. The van der Waals surface area contributed by atoms with Crippen LogP contribution in [0.3, 0.4) is 0 Å². The summed E-state index contributed by atoms with van der Waals surface area (Å²) in [6.07, 6.45) is 0.327. The average Bonchev–Trinajstić information content (AvgIpc) is 2.91. The first-order valence-corrected chi connectivity index (χ1v) is 12.7. The Labute approximate surface area is 234 Å². The molecule has 0 fully saturated rings. The number of hydrogen-bond acceptors (Lipinski definition) is 10. The second kappa shape index (κ2) is 13.7. The van der Waals surface area contributed by atoms with E-state index in [2.05, 4.69) is 37.1 Å². The van der Waals surface area contributed by atoms with E-state index in [-0.39, 0.29) is 12.2 Å². The molecule has 2 amide bonds. The van der Waals surface area contributed by atoms with Crippen molar-refractivity contribution in [2.75, 3.05) is 34.5 Å². The van der Waals surface area contributed by atoms with Crippen LogP contribution >= 0.6 is 15.9 Å². The number of hydrogen-bond donors (Lipinski definition) is 4. The number of amides is 2. The number of methoxy groups -OCH3 is 3. The summed E-state index contributed by atoms with van der Waals surface area (Å²) in [6.45, 7) is 3.61. The molecular weight excluding hydrogens is 576 g/mol. The van der Waals surface area contributed by atoms with Gasteiger partial charge < -0.3 is 39.4 Å². The standard InChI is InChI=1S/C26H31BrN4O8/c1-6-38-19-10-15(23-22(25(33)37-5)14(2)29-26(34)30-23)7-8-18(19)39-13-21(32)31-28-12-16-9-17(27)11-20(35-3)24(16)36-4/h7-12,21,23,31-32H,6,13H2,1-5H3,(H2,29,30,34)/b28-12+/t21-,23-/m1/s1.